The van der Waals surface area contributed by atoms with Crippen molar-refractivity contribution in [2.75, 3.05) is 0 Å². The number of phenols is 1. The number of phenolic OH excluding ortho intramolecular Hbond substituents is 1. The summed E-state index contributed by atoms with van der Waals surface area (Å²) in [6.07, 6.45) is 0. The van der Waals surface area contributed by atoms with Crippen LogP contribution in [0.1, 0.15) is 31.1 Å². The zero-order chi connectivity index (χ0) is 12.5. The highest BCUT2D eigenvalue weighted by molar-refractivity contribution is 6.02. The van der Waals surface area contributed by atoms with E-state index in [1.165, 1.54) is 0 Å². The molecule has 0 unspecified atom stereocenters. The molecule has 0 aliphatic carbocycles. The minimum absolute atomic E-state index is 0.0123. The van der Waals surface area contributed by atoms with Crippen LogP contribution >= 0.6 is 0 Å². The first-order valence-corrected chi connectivity index (χ1v) is 4.75. The molecule has 0 radical (unpaired) electrons. The minimum Gasteiger partial charge on any atom is -0.507 e. The number of non-ortho nitro benzene ring substituents is 1. The SMILES string of the molecule is CC(C)(C)C(=O)c1cc([N+](=O)[O-])ccc1O. The van der Waals surface area contributed by atoms with E-state index in [0.717, 1.165) is 18.2 Å². The van der Waals surface area contributed by atoms with Gasteiger partial charge >= 0.3 is 0 Å². The van der Waals surface area contributed by atoms with Crippen LogP contribution in [0.25, 0.3) is 0 Å². The minimum atomic E-state index is -0.688. The van der Waals surface area contributed by atoms with E-state index in [4.69, 9.17) is 0 Å². The Kier molecular flexibility index (Phi) is 2.98. The van der Waals surface area contributed by atoms with Gasteiger partial charge in [0, 0.05) is 17.5 Å². The number of hydrogen-bond acceptors (Lipinski definition) is 4. The van der Waals surface area contributed by atoms with Crippen molar-refractivity contribution in [1.82, 2.24) is 0 Å². The Hall–Kier alpha value is -1.91. The predicted octanol–water partition coefficient (Wildman–Crippen LogP) is 2.53. The van der Waals surface area contributed by atoms with Crippen LogP contribution in [0.3, 0.4) is 0 Å². The summed E-state index contributed by atoms with van der Waals surface area (Å²) in [6.45, 7) is 5.06. The Morgan fingerprint density at radius 1 is 1.38 bits per heavy atom. The third-order valence-electron chi connectivity index (χ3n) is 2.12. The Bertz CT molecular complexity index is 446. The molecular weight excluding hydrogens is 210 g/mol. The summed E-state index contributed by atoms with van der Waals surface area (Å²) in [5, 5.41) is 20.1. The number of ketones is 1. The molecule has 0 atom stereocenters. The van der Waals surface area contributed by atoms with Gasteiger partial charge in [0.25, 0.3) is 5.69 Å². The summed E-state index contributed by atoms with van der Waals surface area (Å²) in [7, 11) is 0. The van der Waals surface area contributed by atoms with Gasteiger partial charge in [-0.2, -0.15) is 0 Å². The van der Waals surface area contributed by atoms with Gasteiger partial charge < -0.3 is 5.11 Å². The number of hydrogen-bond donors (Lipinski definition) is 1. The fraction of sp³-hybridized carbons (Fsp3) is 0.364. The van der Waals surface area contributed by atoms with E-state index >= 15 is 0 Å². The molecule has 0 saturated carbocycles. The molecule has 0 spiro atoms. The van der Waals surface area contributed by atoms with Crippen molar-refractivity contribution >= 4 is 11.5 Å². The standard InChI is InChI=1S/C11H13NO4/c1-11(2,3)10(14)8-6-7(12(15)16)4-5-9(8)13/h4-6,13H,1-3H3. The molecule has 0 heterocycles. The fourth-order valence-corrected chi connectivity index (χ4v) is 1.22. The first kappa shape index (κ1) is 12.2. The van der Waals surface area contributed by atoms with Crippen LogP contribution in [0.4, 0.5) is 5.69 Å². The smallest absolute Gasteiger partial charge is 0.270 e. The Morgan fingerprint density at radius 2 is 1.94 bits per heavy atom. The number of aromatic hydroxyl groups is 1. The first-order valence-electron chi connectivity index (χ1n) is 4.75. The molecule has 0 bridgehead atoms. The Morgan fingerprint density at radius 3 is 2.38 bits per heavy atom. The molecule has 0 aromatic heterocycles. The lowest BCUT2D eigenvalue weighted by Crippen LogP contribution is -2.20. The van der Waals surface area contributed by atoms with Gasteiger partial charge in [0.15, 0.2) is 5.78 Å². The highest BCUT2D eigenvalue weighted by Gasteiger charge is 2.26. The Balaban J connectivity index is 3.28. The molecule has 1 aromatic rings. The average Bonchev–Trinajstić information content (AvgIpc) is 2.15. The van der Waals surface area contributed by atoms with E-state index in [1.807, 2.05) is 0 Å². The molecule has 0 amide bonds. The molecular formula is C11H13NO4. The third kappa shape index (κ3) is 2.36. The number of nitro benzene ring substituents is 1. The molecule has 0 fully saturated rings. The van der Waals surface area contributed by atoms with Crippen LogP contribution in [0.15, 0.2) is 18.2 Å². The van der Waals surface area contributed by atoms with Gasteiger partial charge in [-0.05, 0) is 6.07 Å². The lowest BCUT2D eigenvalue weighted by molar-refractivity contribution is -0.384. The van der Waals surface area contributed by atoms with Crippen molar-refractivity contribution in [3.63, 3.8) is 0 Å². The van der Waals surface area contributed by atoms with Crippen molar-refractivity contribution < 1.29 is 14.8 Å². The van der Waals surface area contributed by atoms with Gasteiger partial charge in [-0.15, -0.1) is 0 Å². The van der Waals surface area contributed by atoms with Gasteiger partial charge in [0.2, 0.25) is 0 Å². The zero-order valence-electron chi connectivity index (χ0n) is 9.35. The van der Waals surface area contributed by atoms with Crippen LogP contribution in [0.2, 0.25) is 0 Å². The number of rotatable bonds is 2. The molecule has 86 valence electrons. The summed E-state index contributed by atoms with van der Waals surface area (Å²) in [4.78, 5) is 21.8. The summed E-state index contributed by atoms with van der Waals surface area (Å²) >= 11 is 0. The highest BCUT2D eigenvalue weighted by atomic mass is 16.6. The number of benzene rings is 1. The molecule has 0 aliphatic rings. The highest BCUT2D eigenvalue weighted by Crippen LogP contribution is 2.29. The lowest BCUT2D eigenvalue weighted by Gasteiger charge is -2.16. The maximum atomic E-state index is 11.9. The molecule has 5 nitrogen and oxygen atoms in total. The molecule has 1 rings (SSSR count). The van der Waals surface area contributed by atoms with E-state index in [0.29, 0.717) is 0 Å². The predicted molar refractivity (Wildman–Crippen MR) is 58.5 cm³/mol. The van der Waals surface area contributed by atoms with Gasteiger partial charge in [-0.25, -0.2) is 0 Å². The van der Waals surface area contributed by atoms with Crippen molar-refractivity contribution in [1.29, 1.82) is 0 Å². The maximum absolute atomic E-state index is 11.9. The second-order valence-electron chi connectivity index (χ2n) is 4.54. The van der Waals surface area contributed by atoms with E-state index in [1.54, 1.807) is 20.8 Å². The van der Waals surface area contributed by atoms with E-state index < -0.39 is 10.3 Å². The van der Waals surface area contributed by atoms with Crippen LogP contribution in [0, 0.1) is 15.5 Å². The number of carbonyl (C=O) groups is 1. The van der Waals surface area contributed by atoms with Gasteiger partial charge in [0.05, 0.1) is 10.5 Å². The van der Waals surface area contributed by atoms with Gasteiger partial charge in [0.1, 0.15) is 5.75 Å². The van der Waals surface area contributed by atoms with Crippen molar-refractivity contribution in [3.8, 4) is 5.75 Å². The van der Waals surface area contributed by atoms with Crippen molar-refractivity contribution in [2.45, 2.75) is 20.8 Å². The van der Waals surface area contributed by atoms with Crippen molar-refractivity contribution in [3.05, 3.63) is 33.9 Å². The number of carbonyl (C=O) groups excluding carboxylic acids is 1. The maximum Gasteiger partial charge on any atom is 0.270 e. The normalized spacial score (nSPS) is 11.2. The molecule has 0 aliphatic heterocycles. The largest absolute Gasteiger partial charge is 0.507 e. The van der Waals surface area contributed by atoms with Gasteiger partial charge in [-0.3, -0.25) is 14.9 Å². The summed E-state index contributed by atoms with van der Waals surface area (Å²) in [6, 6.07) is 3.43. The number of nitro groups is 1. The molecule has 0 saturated heterocycles. The monoisotopic (exact) mass is 223 g/mol. The van der Waals surface area contributed by atoms with Gasteiger partial charge in [-0.1, -0.05) is 20.8 Å². The molecule has 1 N–H and O–H groups in total. The van der Waals surface area contributed by atoms with E-state index in [2.05, 4.69) is 0 Å². The second-order valence-corrected chi connectivity index (χ2v) is 4.54. The van der Waals surface area contributed by atoms with Crippen LogP contribution in [-0.2, 0) is 0 Å². The van der Waals surface area contributed by atoms with Crippen LogP contribution in [-0.4, -0.2) is 15.8 Å². The second kappa shape index (κ2) is 3.92. The Labute approximate surface area is 92.9 Å². The average molecular weight is 223 g/mol. The third-order valence-corrected chi connectivity index (χ3v) is 2.12. The zero-order valence-corrected chi connectivity index (χ0v) is 9.35. The van der Waals surface area contributed by atoms with Crippen LogP contribution < -0.4 is 0 Å². The lowest BCUT2D eigenvalue weighted by atomic mass is 9.86. The number of Topliss-reactive ketones (excluding diaryl/α,β-unsaturated/α-hetero) is 1. The van der Waals surface area contributed by atoms with E-state index in [9.17, 15) is 20.0 Å². The molecule has 5 heteroatoms. The van der Waals surface area contributed by atoms with Crippen molar-refractivity contribution in [2.24, 2.45) is 5.41 Å². The summed E-state index contributed by atoms with van der Waals surface area (Å²) < 4.78 is 0. The molecule has 1 aromatic carbocycles. The van der Waals surface area contributed by atoms with E-state index in [-0.39, 0.29) is 22.8 Å². The number of nitrogens with zero attached hydrogens (tertiary/aromatic N) is 1. The first-order chi connectivity index (χ1) is 7.23. The topological polar surface area (TPSA) is 80.4 Å². The quantitative estimate of drug-likeness (QED) is 0.474. The fourth-order valence-electron chi connectivity index (χ4n) is 1.22. The summed E-state index contributed by atoms with van der Waals surface area (Å²) in [5.41, 5.74) is -0.903. The van der Waals surface area contributed by atoms with Crippen LogP contribution in [0.5, 0.6) is 5.75 Å². The summed E-state index contributed by atoms with van der Waals surface area (Å²) in [5.74, 6) is -0.556. The molecule has 16 heavy (non-hydrogen) atoms.